The minimum atomic E-state index is -0.469. The van der Waals surface area contributed by atoms with Crippen LogP contribution in [-0.4, -0.2) is 28.3 Å². The van der Waals surface area contributed by atoms with Crippen molar-refractivity contribution in [3.63, 3.8) is 0 Å². The summed E-state index contributed by atoms with van der Waals surface area (Å²) >= 11 is 6.38. The fourth-order valence-corrected chi connectivity index (χ4v) is 2.92. The molecule has 0 spiro atoms. The summed E-state index contributed by atoms with van der Waals surface area (Å²) in [6.07, 6.45) is 1.67. The highest BCUT2D eigenvalue weighted by Gasteiger charge is 2.51. The molecule has 0 N–H and O–H groups in total. The van der Waals surface area contributed by atoms with Gasteiger partial charge in [0.25, 0.3) is 0 Å². The smallest absolute Gasteiger partial charge is 0.418 e. The predicted octanol–water partition coefficient (Wildman–Crippen LogP) is 3.84. The van der Waals surface area contributed by atoms with E-state index in [0.717, 1.165) is 5.46 Å². The van der Waals surface area contributed by atoms with Gasteiger partial charge in [-0.05, 0) is 57.4 Å². The van der Waals surface area contributed by atoms with E-state index in [0.29, 0.717) is 27.7 Å². The van der Waals surface area contributed by atoms with Gasteiger partial charge in [0.1, 0.15) is 5.52 Å². The molecule has 4 rings (SSSR count). The summed E-state index contributed by atoms with van der Waals surface area (Å²) in [6, 6.07) is 9.27. The first-order valence-corrected chi connectivity index (χ1v) is 8.52. The number of hydrogen-bond donors (Lipinski definition) is 0. The SMILES string of the molecule is CC1(C)OB(c2ccc(Cl)c(-c3nc4cccnc4o3)c2)OC1(C)C. The maximum atomic E-state index is 6.38. The van der Waals surface area contributed by atoms with Gasteiger partial charge in [-0.25, -0.2) is 9.97 Å². The third-order valence-corrected chi connectivity index (χ3v) is 5.24. The van der Waals surface area contributed by atoms with Crippen LogP contribution in [0.2, 0.25) is 5.02 Å². The molecule has 25 heavy (non-hydrogen) atoms. The zero-order valence-corrected chi connectivity index (χ0v) is 15.3. The summed E-state index contributed by atoms with van der Waals surface area (Å²) in [4.78, 5) is 8.65. The lowest BCUT2D eigenvalue weighted by molar-refractivity contribution is 0.00578. The molecule has 1 fully saturated rings. The van der Waals surface area contributed by atoms with Crippen LogP contribution >= 0.6 is 11.6 Å². The van der Waals surface area contributed by atoms with Crippen LogP contribution in [0.15, 0.2) is 40.9 Å². The van der Waals surface area contributed by atoms with Gasteiger partial charge in [-0.3, -0.25) is 0 Å². The molecule has 3 aromatic rings. The largest absolute Gasteiger partial charge is 0.494 e. The lowest BCUT2D eigenvalue weighted by Gasteiger charge is -2.32. The second-order valence-corrected chi connectivity index (χ2v) is 7.58. The number of oxazole rings is 1. The van der Waals surface area contributed by atoms with Crippen molar-refractivity contribution in [1.82, 2.24) is 9.97 Å². The molecule has 128 valence electrons. The third kappa shape index (κ3) is 2.74. The van der Waals surface area contributed by atoms with Gasteiger partial charge in [0, 0.05) is 6.20 Å². The van der Waals surface area contributed by atoms with Crippen LogP contribution < -0.4 is 5.46 Å². The average molecular weight is 357 g/mol. The van der Waals surface area contributed by atoms with E-state index >= 15 is 0 Å². The minimum Gasteiger partial charge on any atom is -0.418 e. The molecule has 1 aliphatic rings. The van der Waals surface area contributed by atoms with Gasteiger partial charge in [-0.2, -0.15) is 0 Å². The first-order valence-electron chi connectivity index (χ1n) is 8.14. The van der Waals surface area contributed by atoms with E-state index in [1.807, 2.05) is 52.0 Å². The lowest BCUT2D eigenvalue weighted by Crippen LogP contribution is -2.41. The molecule has 0 aliphatic carbocycles. The Labute approximate surface area is 151 Å². The van der Waals surface area contributed by atoms with E-state index in [9.17, 15) is 0 Å². The Bertz CT molecular complexity index is 905. The molecule has 0 unspecified atom stereocenters. The van der Waals surface area contributed by atoms with Crippen molar-refractivity contribution in [2.45, 2.75) is 38.9 Å². The molecule has 0 saturated carbocycles. The minimum absolute atomic E-state index is 0.404. The van der Waals surface area contributed by atoms with Gasteiger partial charge >= 0.3 is 7.12 Å². The van der Waals surface area contributed by atoms with Crippen LogP contribution in [0.25, 0.3) is 22.7 Å². The van der Waals surface area contributed by atoms with E-state index < -0.39 is 18.3 Å². The van der Waals surface area contributed by atoms with Crippen LogP contribution in [0.5, 0.6) is 0 Å². The van der Waals surface area contributed by atoms with Crippen molar-refractivity contribution in [2.75, 3.05) is 0 Å². The van der Waals surface area contributed by atoms with Crippen LogP contribution in [-0.2, 0) is 9.31 Å². The fourth-order valence-electron chi connectivity index (χ4n) is 2.72. The standard InChI is InChI=1S/C18H18BClN2O3/c1-17(2)18(3,4)25-19(24-17)11-7-8-13(20)12(10-11)15-22-14-6-5-9-21-16(14)23-15/h5-10H,1-4H3. The molecule has 5 nitrogen and oxygen atoms in total. The summed E-state index contributed by atoms with van der Waals surface area (Å²) in [5.41, 5.74) is 1.92. The Morgan fingerprint density at radius 3 is 2.44 bits per heavy atom. The Morgan fingerprint density at radius 1 is 1.04 bits per heavy atom. The summed E-state index contributed by atoms with van der Waals surface area (Å²) < 4.78 is 18.0. The second kappa shape index (κ2) is 5.56. The molecular weight excluding hydrogens is 338 g/mol. The average Bonchev–Trinajstić information content (AvgIpc) is 3.06. The monoisotopic (exact) mass is 356 g/mol. The molecule has 0 radical (unpaired) electrons. The van der Waals surface area contributed by atoms with Crippen molar-refractivity contribution < 1.29 is 13.7 Å². The van der Waals surface area contributed by atoms with Gasteiger partial charge in [0.05, 0.1) is 21.8 Å². The maximum absolute atomic E-state index is 6.38. The van der Waals surface area contributed by atoms with Crippen LogP contribution in [0.1, 0.15) is 27.7 Å². The molecule has 1 aliphatic heterocycles. The number of aromatic nitrogens is 2. The van der Waals surface area contributed by atoms with Crippen molar-refractivity contribution in [3.8, 4) is 11.5 Å². The number of halogens is 1. The van der Waals surface area contributed by atoms with E-state index in [-0.39, 0.29) is 0 Å². The Kier molecular flexibility index (Phi) is 3.69. The third-order valence-electron chi connectivity index (χ3n) is 4.91. The molecule has 0 amide bonds. The van der Waals surface area contributed by atoms with Gasteiger partial charge in [0.15, 0.2) is 0 Å². The number of benzene rings is 1. The first-order chi connectivity index (χ1) is 11.8. The van der Waals surface area contributed by atoms with Crippen molar-refractivity contribution in [3.05, 3.63) is 41.6 Å². The normalized spacial score (nSPS) is 18.8. The lowest BCUT2D eigenvalue weighted by atomic mass is 9.78. The van der Waals surface area contributed by atoms with E-state index in [1.165, 1.54) is 0 Å². The van der Waals surface area contributed by atoms with Gasteiger partial charge < -0.3 is 13.7 Å². The molecular formula is C18H18BClN2O3. The molecule has 0 atom stereocenters. The quantitative estimate of drug-likeness (QED) is 0.653. The van der Waals surface area contributed by atoms with Crippen molar-refractivity contribution in [1.29, 1.82) is 0 Å². The van der Waals surface area contributed by atoms with Gasteiger partial charge in [-0.1, -0.05) is 17.7 Å². The van der Waals surface area contributed by atoms with E-state index in [1.54, 1.807) is 12.3 Å². The van der Waals surface area contributed by atoms with E-state index in [4.69, 9.17) is 25.3 Å². The second-order valence-electron chi connectivity index (χ2n) is 7.17. The zero-order chi connectivity index (χ0) is 17.8. The van der Waals surface area contributed by atoms with Crippen LogP contribution in [0.3, 0.4) is 0 Å². The molecule has 2 aromatic heterocycles. The zero-order valence-electron chi connectivity index (χ0n) is 14.5. The molecule has 1 aromatic carbocycles. The first kappa shape index (κ1) is 16.6. The Balaban J connectivity index is 1.75. The summed E-state index contributed by atoms with van der Waals surface area (Å²) in [5, 5.41) is 0.548. The predicted molar refractivity (Wildman–Crippen MR) is 98.0 cm³/mol. The van der Waals surface area contributed by atoms with Crippen molar-refractivity contribution in [2.24, 2.45) is 0 Å². The highest BCUT2D eigenvalue weighted by Crippen LogP contribution is 2.37. The summed E-state index contributed by atoms with van der Waals surface area (Å²) in [7, 11) is -0.469. The number of pyridine rings is 1. The van der Waals surface area contributed by atoms with Crippen molar-refractivity contribution >= 4 is 35.4 Å². The highest BCUT2D eigenvalue weighted by atomic mass is 35.5. The van der Waals surface area contributed by atoms with Crippen LogP contribution in [0.4, 0.5) is 0 Å². The fraction of sp³-hybridized carbons (Fsp3) is 0.333. The summed E-state index contributed by atoms with van der Waals surface area (Å²) in [6.45, 7) is 8.10. The van der Waals surface area contributed by atoms with Gasteiger partial charge in [-0.15, -0.1) is 0 Å². The Morgan fingerprint density at radius 2 is 1.76 bits per heavy atom. The molecule has 0 bridgehead atoms. The highest BCUT2D eigenvalue weighted by molar-refractivity contribution is 6.62. The van der Waals surface area contributed by atoms with E-state index in [2.05, 4.69) is 9.97 Å². The number of hydrogen-bond acceptors (Lipinski definition) is 5. The molecule has 3 heterocycles. The van der Waals surface area contributed by atoms with Crippen LogP contribution in [0, 0.1) is 0 Å². The number of nitrogens with zero attached hydrogens (tertiary/aromatic N) is 2. The molecule has 7 heteroatoms. The number of fused-ring (bicyclic) bond motifs is 1. The van der Waals surface area contributed by atoms with Gasteiger partial charge in [0.2, 0.25) is 11.6 Å². The topological polar surface area (TPSA) is 57.4 Å². The molecule has 1 saturated heterocycles. The Hall–Kier alpha value is -1.89. The maximum Gasteiger partial charge on any atom is 0.494 e. The summed E-state index contributed by atoms with van der Waals surface area (Å²) in [5.74, 6) is 0.428. The number of rotatable bonds is 2.